The number of rotatable bonds is 4. The smallest absolute Gasteiger partial charge is 0.232 e. The number of amides is 2. The second kappa shape index (κ2) is 4.33. The summed E-state index contributed by atoms with van der Waals surface area (Å²) in [4.78, 5) is 45.4. The van der Waals surface area contributed by atoms with E-state index >= 15 is 0 Å². The van der Waals surface area contributed by atoms with Gasteiger partial charge in [0.05, 0.1) is 0 Å². The first-order valence-corrected chi connectivity index (χ1v) is 4.81. The van der Waals surface area contributed by atoms with E-state index in [0.29, 0.717) is 0 Å². The Morgan fingerprint density at radius 3 is 2.40 bits per heavy atom. The van der Waals surface area contributed by atoms with Crippen LogP contribution in [0.1, 0.15) is 26.7 Å². The fraction of sp³-hybridized carbons (Fsp3) is 0.600. The van der Waals surface area contributed by atoms with E-state index in [9.17, 15) is 19.2 Å². The van der Waals surface area contributed by atoms with Gasteiger partial charge in [-0.3, -0.25) is 24.1 Å². The van der Waals surface area contributed by atoms with E-state index < -0.39 is 11.6 Å². The predicted molar refractivity (Wildman–Crippen MR) is 50.8 cm³/mol. The summed E-state index contributed by atoms with van der Waals surface area (Å²) in [7, 11) is 0. The number of nitrogens with zero attached hydrogens (tertiary/aromatic N) is 1. The third-order valence-corrected chi connectivity index (χ3v) is 2.42. The highest BCUT2D eigenvalue weighted by molar-refractivity contribution is 6.36. The minimum atomic E-state index is -0.546. The summed E-state index contributed by atoms with van der Waals surface area (Å²) in [6.07, 6.45) is 0.132. The van der Waals surface area contributed by atoms with Crippen molar-refractivity contribution in [1.29, 1.82) is 0 Å². The van der Waals surface area contributed by atoms with E-state index in [2.05, 4.69) is 0 Å². The van der Waals surface area contributed by atoms with Gasteiger partial charge in [0, 0.05) is 32.2 Å². The molecule has 1 aliphatic heterocycles. The summed E-state index contributed by atoms with van der Waals surface area (Å²) < 4.78 is 0. The normalized spacial score (nSPS) is 20.9. The van der Waals surface area contributed by atoms with Crippen LogP contribution in [-0.2, 0) is 19.2 Å². The molecule has 0 aromatic heterocycles. The molecule has 0 aromatic rings. The lowest BCUT2D eigenvalue weighted by Crippen LogP contribution is -2.33. The fourth-order valence-electron chi connectivity index (χ4n) is 1.47. The lowest BCUT2D eigenvalue weighted by Gasteiger charge is -2.12. The molecule has 1 aliphatic rings. The summed E-state index contributed by atoms with van der Waals surface area (Å²) in [6, 6.07) is 0. The van der Waals surface area contributed by atoms with E-state index in [1.165, 1.54) is 6.92 Å². The number of carbonyl (C=O) groups excluding carboxylic acids is 4. The number of ketones is 2. The zero-order valence-electron chi connectivity index (χ0n) is 8.78. The molecule has 0 bridgehead atoms. The van der Waals surface area contributed by atoms with Crippen molar-refractivity contribution in [2.24, 2.45) is 5.92 Å². The molecule has 1 saturated heterocycles. The number of carbonyl (C=O) groups is 4. The summed E-state index contributed by atoms with van der Waals surface area (Å²) >= 11 is 0. The molecule has 5 nitrogen and oxygen atoms in total. The molecule has 1 atom stereocenters. The Kier molecular flexibility index (Phi) is 3.34. The van der Waals surface area contributed by atoms with Crippen molar-refractivity contribution in [2.75, 3.05) is 6.54 Å². The maximum atomic E-state index is 11.4. The largest absolute Gasteiger partial charge is 0.291 e. The number of Topliss-reactive ketones (excluding diaryl/α,β-unsaturated/α-hetero) is 2. The monoisotopic (exact) mass is 211 g/mol. The molecule has 2 amide bonds. The maximum Gasteiger partial charge on any atom is 0.232 e. The first kappa shape index (κ1) is 11.6. The van der Waals surface area contributed by atoms with Gasteiger partial charge < -0.3 is 0 Å². The Hall–Kier alpha value is -1.52. The SMILES string of the molecule is CC(=O)C(=O)CCN1C(=O)CC(C)C1=O. The minimum Gasteiger partial charge on any atom is -0.291 e. The molecule has 5 heteroatoms. The first-order chi connectivity index (χ1) is 6.93. The Morgan fingerprint density at radius 1 is 1.40 bits per heavy atom. The standard InChI is InChI=1S/C10H13NO4/c1-6-5-9(14)11(10(6)15)4-3-8(13)7(2)12/h6H,3-5H2,1-2H3. The van der Waals surface area contributed by atoms with Crippen molar-refractivity contribution < 1.29 is 19.2 Å². The molecule has 15 heavy (non-hydrogen) atoms. The molecule has 0 saturated carbocycles. The topological polar surface area (TPSA) is 71.5 Å². The van der Waals surface area contributed by atoms with Crippen molar-refractivity contribution in [3.05, 3.63) is 0 Å². The Bertz CT molecular complexity index is 334. The van der Waals surface area contributed by atoms with E-state index in [1.54, 1.807) is 6.92 Å². The average molecular weight is 211 g/mol. The number of likely N-dealkylation sites (tertiary alicyclic amines) is 1. The highest BCUT2D eigenvalue weighted by Gasteiger charge is 2.35. The number of imide groups is 1. The molecule has 82 valence electrons. The van der Waals surface area contributed by atoms with Gasteiger partial charge in [-0.1, -0.05) is 6.92 Å². The lowest BCUT2D eigenvalue weighted by atomic mass is 10.1. The van der Waals surface area contributed by atoms with Gasteiger partial charge in [0.1, 0.15) is 0 Å². The van der Waals surface area contributed by atoms with Crippen molar-refractivity contribution in [2.45, 2.75) is 26.7 Å². The van der Waals surface area contributed by atoms with Crippen LogP contribution in [0.3, 0.4) is 0 Å². The number of hydrogen-bond donors (Lipinski definition) is 0. The van der Waals surface area contributed by atoms with Crippen molar-refractivity contribution >= 4 is 23.4 Å². The lowest BCUT2D eigenvalue weighted by molar-refractivity contribution is -0.141. The molecule has 0 radical (unpaired) electrons. The van der Waals surface area contributed by atoms with Gasteiger partial charge in [0.15, 0.2) is 11.6 Å². The van der Waals surface area contributed by atoms with E-state index in [4.69, 9.17) is 0 Å². The minimum absolute atomic E-state index is 0.0282. The highest BCUT2D eigenvalue weighted by Crippen LogP contribution is 2.18. The van der Waals surface area contributed by atoms with Crippen LogP contribution >= 0.6 is 0 Å². The van der Waals surface area contributed by atoms with Gasteiger partial charge in [0.2, 0.25) is 11.8 Å². The van der Waals surface area contributed by atoms with Crippen LogP contribution in [0.2, 0.25) is 0 Å². The van der Waals surface area contributed by atoms with Crippen molar-refractivity contribution in [3.8, 4) is 0 Å². The third-order valence-electron chi connectivity index (χ3n) is 2.42. The molecule has 0 spiro atoms. The van der Waals surface area contributed by atoms with Gasteiger partial charge in [-0.15, -0.1) is 0 Å². The van der Waals surface area contributed by atoms with Crippen LogP contribution in [0.15, 0.2) is 0 Å². The molecule has 1 heterocycles. The third kappa shape index (κ3) is 2.49. The van der Waals surface area contributed by atoms with Gasteiger partial charge in [-0.05, 0) is 0 Å². The quantitative estimate of drug-likeness (QED) is 0.482. The molecule has 1 rings (SSSR count). The maximum absolute atomic E-state index is 11.4. The van der Waals surface area contributed by atoms with Crippen molar-refractivity contribution in [1.82, 2.24) is 4.90 Å². The summed E-state index contributed by atoms with van der Waals surface area (Å²) in [5, 5.41) is 0. The van der Waals surface area contributed by atoms with Gasteiger partial charge in [-0.2, -0.15) is 0 Å². The molecule has 0 N–H and O–H groups in total. The Labute approximate surface area is 87.4 Å². The van der Waals surface area contributed by atoms with Crippen molar-refractivity contribution in [3.63, 3.8) is 0 Å². The average Bonchev–Trinajstić information content (AvgIpc) is 2.38. The zero-order chi connectivity index (χ0) is 11.6. The van der Waals surface area contributed by atoms with E-state index in [0.717, 1.165) is 4.90 Å². The predicted octanol–water partition coefficient (Wildman–Crippen LogP) is -0.0704. The Balaban J connectivity index is 2.52. The van der Waals surface area contributed by atoms with E-state index in [-0.39, 0.29) is 37.1 Å². The van der Waals surface area contributed by atoms with Crippen LogP contribution in [0, 0.1) is 5.92 Å². The van der Waals surface area contributed by atoms with Gasteiger partial charge >= 0.3 is 0 Å². The van der Waals surface area contributed by atoms with Crippen LogP contribution in [0.4, 0.5) is 0 Å². The summed E-state index contributed by atoms with van der Waals surface area (Å²) in [5.41, 5.74) is 0. The van der Waals surface area contributed by atoms with Crippen LogP contribution < -0.4 is 0 Å². The molecular formula is C10H13NO4. The van der Waals surface area contributed by atoms with E-state index in [1.807, 2.05) is 0 Å². The summed E-state index contributed by atoms with van der Waals surface area (Å²) in [6.45, 7) is 2.88. The van der Waals surface area contributed by atoms with Gasteiger partial charge in [-0.25, -0.2) is 0 Å². The summed E-state index contributed by atoms with van der Waals surface area (Å²) in [5.74, 6) is -1.90. The first-order valence-electron chi connectivity index (χ1n) is 4.81. The fourth-order valence-corrected chi connectivity index (χ4v) is 1.47. The Morgan fingerprint density at radius 2 is 2.00 bits per heavy atom. The van der Waals surface area contributed by atoms with Crippen LogP contribution in [-0.4, -0.2) is 34.8 Å². The molecule has 0 aliphatic carbocycles. The molecule has 0 aromatic carbocycles. The molecule has 1 unspecified atom stereocenters. The number of hydrogen-bond acceptors (Lipinski definition) is 4. The second-order valence-electron chi connectivity index (χ2n) is 3.72. The van der Waals surface area contributed by atoms with Gasteiger partial charge in [0.25, 0.3) is 0 Å². The second-order valence-corrected chi connectivity index (χ2v) is 3.72. The highest BCUT2D eigenvalue weighted by atomic mass is 16.2. The van der Waals surface area contributed by atoms with Crippen LogP contribution in [0.25, 0.3) is 0 Å². The molecular weight excluding hydrogens is 198 g/mol. The zero-order valence-corrected chi connectivity index (χ0v) is 8.78. The molecule has 1 fully saturated rings. The van der Waals surface area contributed by atoms with Crippen LogP contribution in [0.5, 0.6) is 0 Å².